The summed E-state index contributed by atoms with van der Waals surface area (Å²) in [5.41, 5.74) is 1.37. The maximum Gasteiger partial charge on any atom is 0.287 e. The molecule has 0 spiro atoms. The number of fused-ring (bicyclic) bond motifs is 2. The zero-order valence-electron chi connectivity index (χ0n) is 20.7. The number of Topliss-reactive ketones (excluding diaryl/α,β-unsaturated/α-hetero) is 1. The second-order valence-electron chi connectivity index (χ2n) is 9.93. The van der Waals surface area contributed by atoms with Crippen molar-refractivity contribution in [3.8, 4) is 0 Å². The fourth-order valence-electron chi connectivity index (χ4n) is 5.45. The molecule has 14 heteroatoms. The highest BCUT2D eigenvalue weighted by atomic mass is 32.2. The zero-order valence-corrected chi connectivity index (χ0v) is 23.2. The van der Waals surface area contributed by atoms with Gasteiger partial charge in [0, 0.05) is 30.6 Å². The van der Waals surface area contributed by atoms with Crippen LogP contribution >= 0.6 is 11.3 Å². The molecule has 3 atom stereocenters. The molecule has 204 valence electrons. The third-order valence-electron chi connectivity index (χ3n) is 7.22. The Hall–Kier alpha value is -2.68. The Morgan fingerprint density at radius 3 is 2.68 bits per heavy atom. The van der Waals surface area contributed by atoms with Gasteiger partial charge in [-0.05, 0) is 42.3 Å². The summed E-state index contributed by atoms with van der Waals surface area (Å²) in [5.74, 6) is -3.38. The maximum absolute atomic E-state index is 13.8. The number of nitrogens with one attached hydrogen (secondary N) is 2. The van der Waals surface area contributed by atoms with Crippen LogP contribution in [-0.4, -0.2) is 51.6 Å². The lowest BCUT2D eigenvalue weighted by molar-refractivity contribution is -0.152. The minimum atomic E-state index is -4.32. The number of piperidine rings is 1. The van der Waals surface area contributed by atoms with E-state index in [1.165, 1.54) is 11.4 Å². The molecule has 2 N–H and O–H groups in total. The summed E-state index contributed by atoms with van der Waals surface area (Å²) in [5, 5.41) is 4.56. The number of carbonyl (C=O) groups excluding carboxylic acids is 2. The Bertz CT molecular complexity index is 1570. The molecule has 0 bridgehead atoms. The van der Waals surface area contributed by atoms with Crippen molar-refractivity contribution in [3.63, 3.8) is 0 Å². The molecule has 1 saturated heterocycles. The summed E-state index contributed by atoms with van der Waals surface area (Å²) in [6, 6.07) is 4.28. The number of benzene rings is 1. The smallest absolute Gasteiger partial charge is 0.287 e. The molecular weight excluding hydrogens is 555 g/mol. The van der Waals surface area contributed by atoms with Gasteiger partial charge in [0.25, 0.3) is 10.0 Å². The molecule has 2 fully saturated rings. The second kappa shape index (κ2) is 9.81. The lowest BCUT2D eigenvalue weighted by atomic mass is 9.73. The maximum atomic E-state index is 13.8. The van der Waals surface area contributed by atoms with Gasteiger partial charge in [-0.3, -0.25) is 9.59 Å². The van der Waals surface area contributed by atoms with Crippen LogP contribution < -0.4 is 10.0 Å². The number of carbonyl (C=O) groups is 2. The molecule has 1 unspecified atom stereocenters. The number of amidine groups is 1. The van der Waals surface area contributed by atoms with Gasteiger partial charge in [-0.2, -0.15) is 8.42 Å². The number of halogens is 1. The molecule has 3 aliphatic rings. The molecule has 0 radical (unpaired) electrons. The molecule has 10 nitrogen and oxygen atoms in total. The van der Waals surface area contributed by atoms with Crippen molar-refractivity contribution in [1.29, 1.82) is 0 Å². The summed E-state index contributed by atoms with van der Waals surface area (Å²) in [7, 11) is -7.89. The second-order valence-corrected chi connectivity index (χ2v) is 14.2. The van der Waals surface area contributed by atoms with Crippen LogP contribution in [0.4, 0.5) is 9.39 Å². The van der Waals surface area contributed by atoms with Crippen molar-refractivity contribution >= 4 is 53.9 Å². The van der Waals surface area contributed by atoms with Gasteiger partial charge < -0.3 is 10.2 Å². The minimum Gasteiger partial charge on any atom is -0.334 e. The van der Waals surface area contributed by atoms with E-state index in [2.05, 4.69) is 14.4 Å². The number of rotatable bonds is 6. The number of anilines is 1. The number of thiophene rings is 1. The van der Waals surface area contributed by atoms with Crippen molar-refractivity contribution in [3.05, 3.63) is 46.1 Å². The monoisotopic (exact) mass is 582 g/mol. The first-order chi connectivity index (χ1) is 17.9. The first-order valence-corrected chi connectivity index (χ1v) is 16.3. The normalized spacial score (nSPS) is 24.9. The van der Waals surface area contributed by atoms with E-state index in [9.17, 15) is 30.8 Å². The number of amides is 1. The van der Waals surface area contributed by atoms with Crippen LogP contribution in [0, 0.1) is 24.6 Å². The Labute approximate surface area is 224 Å². The van der Waals surface area contributed by atoms with Crippen LogP contribution in [-0.2, 0) is 42.7 Å². The highest BCUT2D eigenvalue weighted by Crippen LogP contribution is 2.41. The Morgan fingerprint density at radius 1 is 1.24 bits per heavy atom. The van der Waals surface area contributed by atoms with Gasteiger partial charge in [0.15, 0.2) is 11.7 Å². The summed E-state index contributed by atoms with van der Waals surface area (Å²) in [6.07, 6.45) is 3.88. The first-order valence-electron chi connectivity index (χ1n) is 12.1. The van der Waals surface area contributed by atoms with Crippen molar-refractivity contribution < 1.29 is 30.8 Å². The van der Waals surface area contributed by atoms with Gasteiger partial charge in [0.2, 0.25) is 15.9 Å². The predicted octanol–water partition coefficient (Wildman–Crippen LogP) is 2.54. The average Bonchev–Trinajstić information content (AvgIpc) is 3.26. The minimum absolute atomic E-state index is 0.163. The number of hydrogen-bond acceptors (Lipinski definition) is 8. The quantitative estimate of drug-likeness (QED) is 0.499. The number of nitrogens with zero attached hydrogens (tertiary/aromatic N) is 2. The van der Waals surface area contributed by atoms with Crippen molar-refractivity contribution in [1.82, 2.24) is 9.62 Å². The molecule has 1 aliphatic carbocycles. The van der Waals surface area contributed by atoms with Gasteiger partial charge >= 0.3 is 0 Å². The molecular formula is C24H27FN4O6S3. The number of sulfonamides is 2. The van der Waals surface area contributed by atoms with Crippen LogP contribution in [0.15, 0.2) is 32.9 Å². The van der Waals surface area contributed by atoms with E-state index in [0.717, 1.165) is 30.4 Å². The van der Waals surface area contributed by atoms with Crippen LogP contribution in [0.2, 0.25) is 0 Å². The van der Waals surface area contributed by atoms with Crippen LogP contribution in [0.1, 0.15) is 42.4 Å². The van der Waals surface area contributed by atoms with E-state index >= 15 is 0 Å². The SMILES string of the molecule is Cc1cc(CN2C(=O)C(C3=NS(=O)(=O)c4c(CNS(C)(=O)=O)csc4N3)C(=O)[C@H]3CCCC[C@H]32)ccc1F. The Kier molecular flexibility index (Phi) is 6.95. The lowest BCUT2D eigenvalue weighted by Crippen LogP contribution is -2.60. The predicted molar refractivity (Wildman–Crippen MR) is 140 cm³/mol. The Morgan fingerprint density at radius 2 is 1.97 bits per heavy atom. The van der Waals surface area contributed by atoms with E-state index in [1.807, 2.05) is 0 Å². The molecule has 38 heavy (non-hydrogen) atoms. The third-order valence-corrected chi connectivity index (χ3v) is 10.4. The number of likely N-dealkylation sites (tertiary alicyclic amines) is 1. The average molecular weight is 583 g/mol. The molecule has 1 amide bonds. The standard InChI is InChI=1S/C24H27FN4O6S3/c1-13-9-14(7-8-17(13)25)11-29-18-6-4-3-5-16(18)20(30)19(24(29)31)22-27-23-21(38(34,35)28-22)15(12-36-23)10-26-37(2,32)33/h7-9,12,16,18-19,26H,3-6,10-11H2,1-2H3,(H,27,28)/t16-,18+,19?/m0/s1. The molecule has 1 aromatic heterocycles. The van der Waals surface area contributed by atoms with Crippen molar-refractivity contribution in [2.24, 2.45) is 16.2 Å². The largest absolute Gasteiger partial charge is 0.334 e. The number of ketones is 1. The third kappa shape index (κ3) is 5.01. The molecule has 5 rings (SSSR count). The molecule has 3 heterocycles. The van der Waals surface area contributed by atoms with Crippen LogP contribution in [0.5, 0.6) is 0 Å². The van der Waals surface area contributed by atoms with Gasteiger partial charge in [-0.1, -0.05) is 25.0 Å². The number of aryl methyl sites for hydroxylation is 1. The van der Waals surface area contributed by atoms with Crippen molar-refractivity contribution in [2.75, 3.05) is 11.6 Å². The topological polar surface area (TPSA) is 142 Å². The van der Waals surface area contributed by atoms with Gasteiger partial charge in [-0.15, -0.1) is 15.7 Å². The van der Waals surface area contributed by atoms with E-state index < -0.39 is 37.8 Å². The summed E-state index contributed by atoms with van der Waals surface area (Å²) in [6.45, 7) is 1.55. The van der Waals surface area contributed by atoms with E-state index in [0.29, 0.717) is 24.0 Å². The van der Waals surface area contributed by atoms with Gasteiger partial charge in [0.05, 0.1) is 6.26 Å². The van der Waals surface area contributed by atoms with Crippen molar-refractivity contribution in [2.45, 2.75) is 56.6 Å². The molecule has 2 aromatic rings. The highest BCUT2D eigenvalue weighted by Gasteiger charge is 2.51. The lowest BCUT2D eigenvalue weighted by Gasteiger charge is -2.46. The summed E-state index contributed by atoms with van der Waals surface area (Å²) in [4.78, 5) is 28.9. The number of hydrogen-bond donors (Lipinski definition) is 2. The van der Waals surface area contributed by atoms with Gasteiger partial charge in [0.1, 0.15) is 21.5 Å². The molecule has 2 aliphatic heterocycles. The summed E-state index contributed by atoms with van der Waals surface area (Å²) >= 11 is 1.03. The van der Waals surface area contributed by atoms with E-state index in [1.54, 1.807) is 24.0 Å². The first kappa shape index (κ1) is 26.9. The summed E-state index contributed by atoms with van der Waals surface area (Å²) < 4.78 is 69.4. The van der Waals surface area contributed by atoms with E-state index in [-0.39, 0.29) is 52.0 Å². The van der Waals surface area contributed by atoms with Crippen LogP contribution in [0.25, 0.3) is 0 Å². The molecule has 1 saturated carbocycles. The van der Waals surface area contributed by atoms with Gasteiger partial charge in [-0.25, -0.2) is 17.5 Å². The Balaban J connectivity index is 1.49. The van der Waals surface area contributed by atoms with E-state index in [4.69, 9.17) is 0 Å². The van der Waals surface area contributed by atoms with Crippen LogP contribution in [0.3, 0.4) is 0 Å². The molecule has 1 aromatic carbocycles. The highest BCUT2D eigenvalue weighted by molar-refractivity contribution is 7.91. The fourth-order valence-corrected chi connectivity index (χ4v) is 8.52. The fraction of sp³-hybridized carbons (Fsp3) is 0.458. The zero-order chi connectivity index (χ0) is 27.4.